The quantitative estimate of drug-likeness (QED) is 0.489. The molecule has 0 saturated heterocycles. The third-order valence-corrected chi connectivity index (χ3v) is 2.05. The van der Waals surface area contributed by atoms with Gasteiger partial charge in [-0.1, -0.05) is 25.9 Å². The average molecular weight is 201 g/mol. The molecule has 0 aromatic carbocycles. The second kappa shape index (κ2) is 6.51. The van der Waals surface area contributed by atoms with Crippen molar-refractivity contribution in [2.24, 2.45) is 17.0 Å². The summed E-state index contributed by atoms with van der Waals surface area (Å²) in [4.78, 5) is 20.9. The van der Waals surface area contributed by atoms with Gasteiger partial charge in [0.15, 0.2) is 0 Å². The van der Waals surface area contributed by atoms with Crippen molar-refractivity contribution in [3.8, 4) is 0 Å². The monoisotopic (exact) mass is 201 g/mol. The van der Waals surface area contributed by atoms with Crippen LogP contribution in [0.25, 0.3) is 0 Å². The number of carbonyl (C=O) groups is 1. The summed E-state index contributed by atoms with van der Waals surface area (Å²) < 4.78 is 5.02. The van der Waals surface area contributed by atoms with Gasteiger partial charge in [-0.2, -0.15) is 4.91 Å². The molecule has 4 heteroatoms. The molecule has 2 unspecified atom stereocenters. The van der Waals surface area contributed by atoms with Crippen molar-refractivity contribution in [3.05, 3.63) is 4.91 Å². The van der Waals surface area contributed by atoms with Gasteiger partial charge in [-0.05, 0) is 18.3 Å². The molecule has 0 aromatic rings. The van der Waals surface area contributed by atoms with E-state index in [0.717, 1.165) is 6.42 Å². The minimum absolute atomic E-state index is 0.0491. The second-order valence-electron chi connectivity index (χ2n) is 4.07. The highest BCUT2D eigenvalue weighted by Crippen LogP contribution is 2.17. The minimum Gasteiger partial charge on any atom is -0.460 e. The van der Waals surface area contributed by atoms with Crippen LogP contribution in [0.4, 0.5) is 0 Å². The van der Waals surface area contributed by atoms with Crippen LogP contribution in [0.1, 0.15) is 34.1 Å². The predicted octanol–water partition coefficient (Wildman–Crippen LogP) is 2.37. The second-order valence-corrected chi connectivity index (χ2v) is 4.07. The molecule has 0 spiro atoms. The van der Waals surface area contributed by atoms with Gasteiger partial charge < -0.3 is 4.74 Å². The molecule has 2 atom stereocenters. The highest BCUT2D eigenvalue weighted by atomic mass is 16.5. The summed E-state index contributed by atoms with van der Waals surface area (Å²) in [5.74, 6) is 0.348. The van der Waals surface area contributed by atoms with Crippen LogP contribution in [0.2, 0.25) is 0 Å². The Morgan fingerprint density at radius 3 is 2.29 bits per heavy atom. The zero-order chi connectivity index (χ0) is 11.1. The Labute approximate surface area is 85.0 Å². The number of hydrogen-bond donors (Lipinski definition) is 0. The summed E-state index contributed by atoms with van der Waals surface area (Å²) in [6.45, 7) is 7.55. The maximum absolute atomic E-state index is 10.8. The Hall–Kier alpha value is -0.930. The van der Waals surface area contributed by atoms with Gasteiger partial charge in [0.05, 0.1) is 0 Å². The molecule has 0 aromatic heterocycles. The van der Waals surface area contributed by atoms with Crippen LogP contribution < -0.4 is 0 Å². The van der Waals surface area contributed by atoms with Crippen molar-refractivity contribution in [2.75, 3.05) is 6.54 Å². The fourth-order valence-corrected chi connectivity index (χ4v) is 1.52. The van der Waals surface area contributed by atoms with E-state index in [0.29, 0.717) is 5.92 Å². The standard InChI is InChI=1S/C10H19NO3/c1-7(2)5-8(3)10(6-11-13)14-9(4)12/h7-8,10H,5-6H2,1-4H3. The summed E-state index contributed by atoms with van der Waals surface area (Å²) in [7, 11) is 0. The molecule has 0 rings (SSSR count). The van der Waals surface area contributed by atoms with Gasteiger partial charge in [-0.15, -0.1) is 0 Å². The summed E-state index contributed by atoms with van der Waals surface area (Å²) in [6.07, 6.45) is 0.556. The number of rotatable bonds is 6. The number of nitrogens with zero attached hydrogens (tertiary/aromatic N) is 1. The van der Waals surface area contributed by atoms with Gasteiger partial charge in [0.25, 0.3) is 0 Å². The lowest BCUT2D eigenvalue weighted by Gasteiger charge is -2.22. The number of hydrogen-bond acceptors (Lipinski definition) is 4. The predicted molar refractivity (Wildman–Crippen MR) is 54.8 cm³/mol. The van der Waals surface area contributed by atoms with Crippen LogP contribution >= 0.6 is 0 Å². The molecule has 0 saturated carbocycles. The zero-order valence-electron chi connectivity index (χ0n) is 9.32. The first-order chi connectivity index (χ1) is 6.47. The smallest absolute Gasteiger partial charge is 0.302 e. The van der Waals surface area contributed by atoms with Gasteiger partial charge in [0.2, 0.25) is 0 Å². The van der Waals surface area contributed by atoms with Crippen LogP contribution in [0, 0.1) is 16.7 Å². The van der Waals surface area contributed by atoms with E-state index in [2.05, 4.69) is 19.0 Å². The summed E-state index contributed by atoms with van der Waals surface area (Å²) in [6, 6.07) is 0. The molecule has 82 valence electrons. The normalized spacial score (nSPS) is 14.9. The van der Waals surface area contributed by atoms with Crippen LogP contribution in [0.5, 0.6) is 0 Å². The summed E-state index contributed by atoms with van der Waals surface area (Å²) in [5.41, 5.74) is 0. The first-order valence-electron chi connectivity index (χ1n) is 4.93. The minimum atomic E-state index is -0.368. The Bertz CT molecular complexity index is 192. The van der Waals surface area contributed by atoms with Gasteiger partial charge in [-0.3, -0.25) is 4.79 Å². The van der Waals surface area contributed by atoms with Crippen LogP contribution in [-0.2, 0) is 9.53 Å². The fourth-order valence-electron chi connectivity index (χ4n) is 1.52. The van der Waals surface area contributed by atoms with Gasteiger partial charge in [0.1, 0.15) is 12.6 Å². The first-order valence-corrected chi connectivity index (χ1v) is 4.93. The molecule has 0 aliphatic heterocycles. The van der Waals surface area contributed by atoms with Crippen molar-refractivity contribution in [1.29, 1.82) is 0 Å². The van der Waals surface area contributed by atoms with Crippen LogP contribution in [0.3, 0.4) is 0 Å². The van der Waals surface area contributed by atoms with Crippen molar-refractivity contribution >= 4 is 5.97 Å². The Balaban J connectivity index is 4.16. The number of ether oxygens (including phenoxy) is 1. The van der Waals surface area contributed by atoms with Crippen molar-refractivity contribution in [3.63, 3.8) is 0 Å². The topological polar surface area (TPSA) is 55.7 Å². The van der Waals surface area contributed by atoms with Gasteiger partial charge >= 0.3 is 5.97 Å². The number of carbonyl (C=O) groups excluding carboxylic acids is 1. The number of esters is 1. The van der Waals surface area contributed by atoms with E-state index in [9.17, 15) is 9.70 Å². The molecule has 0 aliphatic rings. The van der Waals surface area contributed by atoms with Gasteiger partial charge in [0, 0.05) is 6.92 Å². The molecule has 0 aliphatic carbocycles. The molecule has 0 radical (unpaired) electrons. The van der Waals surface area contributed by atoms with E-state index in [4.69, 9.17) is 4.74 Å². The molecule has 14 heavy (non-hydrogen) atoms. The Morgan fingerprint density at radius 2 is 1.93 bits per heavy atom. The Morgan fingerprint density at radius 1 is 1.36 bits per heavy atom. The molecule has 0 N–H and O–H groups in total. The average Bonchev–Trinajstić information content (AvgIpc) is 2.01. The highest BCUT2D eigenvalue weighted by Gasteiger charge is 2.21. The van der Waals surface area contributed by atoms with Crippen LogP contribution in [-0.4, -0.2) is 18.6 Å². The molecule has 0 fully saturated rings. The third-order valence-electron chi connectivity index (χ3n) is 2.05. The molecule has 4 nitrogen and oxygen atoms in total. The van der Waals surface area contributed by atoms with Crippen molar-refractivity contribution < 1.29 is 9.53 Å². The molecular formula is C10H19NO3. The van der Waals surface area contributed by atoms with E-state index in [1.165, 1.54) is 6.92 Å². The highest BCUT2D eigenvalue weighted by molar-refractivity contribution is 5.66. The van der Waals surface area contributed by atoms with Crippen LogP contribution in [0.15, 0.2) is 5.18 Å². The maximum atomic E-state index is 10.8. The largest absolute Gasteiger partial charge is 0.460 e. The SMILES string of the molecule is CC(=O)OC(CN=O)C(C)CC(C)C. The maximum Gasteiger partial charge on any atom is 0.302 e. The molecule has 0 amide bonds. The number of nitroso groups, excluding NO2 is 1. The van der Waals surface area contributed by atoms with E-state index < -0.39 is 0 Å². The van der Waals surface area contributed by atoms with E-state index >= 15 is 0 Å². The fraction of sp³-hybridized carbons (Fsp3) is 0.900. The van der Waals surface area contributed by atoms with E-state index in [1.807, 2.05) is 6.92 Å². The first kappa shape index (κ1) is 13.1. The van der Waals surface area contributed by atoms with Gasteiger partial charge in [-0.25, -0.2) is 0 Å². The van der Waals surface area contributed by atoms with Crippen molar-refractivity contribution in [2.45, 2.75) is 40.2 Å². The van der Waals surface area contributed by atoms with E-state index in [-0.39, 0.29) is 24.5 Å². The lowest BCUT2D eigenvalue weighted by molar-refractivity contribution is -0.148. The molecular weight excluding hydrogens is 182 g/mol. The molecule has 0 heterocycles. The lowest BCUT2D eigenvalue weighted by atomic mass is 9.94. The lowest BCUT2D eigenvalue weighted by Crippen LogP contribution is -2.28. The zero-order valence-corrected chi connectivity index (χ0v) is 9.32. The Kier molecular flexibility index (Phi) is 6.08. The van der Waals surface area contributed by atoms with Crippen molar-refractivity contribution in [1.82, 2.24) is 0 Å². The molecule has 0 bridgehead atoms. The summed E-state index contributed by atoms with van der Waals surface area (Å²) >= 11 is 0. The summed E-state index contributed by atoms with van der Waals surface area (Å²) in [5, 5.41) is 2.79. The third kappa shape index (κ3) is 5.67. The van der Waals surface area contributed by atoms with E-state index in [1.54, 1.807) is 0 Å².